The lowest BCUT2D eigenvalue weighted by Gasteiger charge is -2.50. The zero-order valence-corrected chi connectivity index (χ0v) is 14.6. The van der Waals surface area contributed by atoms with Crippen LogP contribution in [0.2, 0.25) is 0 Å². The monoisotopic (exact) mass is 352 g/mol. The molecule has 2 saturated carbocycles. The fourth-order valence-corrected chi connectivity index (χ4v) is 6.05. The zero-order valence-electron chi connectivity index (χ0n) is 13.8. The third-order valence-corrected chi connectivity index (χ3v) is 7.25. The van der Waals surface area contributed by atoms with Gasteiger partial charge in [-0.25, -0.2) is 0 Å². The van der Waals surface area contributed by atoms with Gasteiger partial charge < -0.3 is 9.29 Å². The Morgan fingerprint density at radius 2 is 2.00 bits per heavy atom. The Morgan fingerprint density at radius 3 is 2.75 bits per heavy atom. The normalized spacial score (nSPS) is 38.1. The molecule has 24 heavy (non-hydrogen) atoms. The van der Waals surface area contributed by atoms with Crippen molar-refractivity contribution in [2.24, 2.45) is 17.3 Å². The van der Waals surface area contributed by atoms with Gasteiger partial charge in [-0.3, -0.25) is 4.55 Å². The van der Waals surface area contributed by atoms with Gasteiger partial charge in [0.2, 0.25) is 0 Å². The molecule has 132 valence electrons. The van der Waals surface area contributed by atoms with Crippen LogP contribution in [0, 0.1) is 17.3 Å². The van der Waals surface area contributed by atoms with Crippen molar-refractivity contribution in [3.8, 4) is 5.75 Å². The van der Waals surface area contributed by atoms with Gasteiger partial charge in [0.25, 0.3) is 0 Å². The molecule has 2 N–H and O–H groups in total. The van der Waals surface area contributed by atoms with Crippen molar-refractivity contribution in [2.75, 3.05) is 0 Å². The van der Waals surface area contributed by atoms with Gasteiger partial charge in [0, 0.05) is 0 Å². The molecule has 0 spiro atoms. The van der Waals surface area contributed by atoms with E-state index in [1.165, 1.54) is 5.56 Å². The summed E-state index contributed by atoms with van der Waals surface area (Å²) in [6.45, 7) is 2.25. The van der Waals surface area contributed by atoms with Gasteiger partial charge in [0.05, 0.1) is 6.10 Å². The number of hydrogen-bond acceptors (Lipinski definition) is 4. The van der Waals surface area contributed by atoms with Crippen LogP contribution in [0.25, 0.3) is 0 Å². The van der Waals surface area contributed by atoms with Gasteiger partial charge in [-0.15, -0.1) is 0 Å². The van der Waals surface area contributed by atoms with E-state index < -0.39 is 10.4 Å². The van der Waals surface area contributed by atoms with E-state index in [1.807, 2.05) is 6.07 Å². The van der Waals surface area contributed by atoms with Crippen LogP contribution in [0.15, 0.2) is 18.2 Å². The van der Waals surface area contributed by atoms with Gasteiger partial charge in [-0.2, -0.15) is 8.42 Å². The summed E-state index contributed by atoms with van der Waals surface area (Å²) in [5.74, 6) is 1.83. The minimum atomic E-state index is -4.48. The van der Waals surface area contributed by atoms with Crippen LogP contribution >= 0.6 is 0 Å². The first kappa shape index (κ1) is 16.4. The highest BCUT2D eigenvalue weighted by Gasteiger charge is 2.54. The molecule has 0 heterocycles. The quantitative estimate of drug-likeness (QED) is 0.799. The Balaban J connectivity index is 1.63. The number of rotatable bonds is 2. The van der Waals surface area contributed by atoms with Crippen molar-refractivity contribution < 1.29 is 22.3 Å². The van der Waals surface area contributed by atoms with E-state index >= 15 is 0 Å². The summed E-state index contributed by atoms with van der Waals surface area (Å²) in [6, 6.07) is 5.34. The largest absolute Gasteiger partial charge is 0.446 e. The predicted octanol–water partition coefficient (Wildman–Crippen LogP) is 3.09. The Hall–Kier alpha value is -1.11. The molecule has 0 radical (unpaired) electrons. The molecule has 4 rings (SSSR count). The van der Waals surface area contributed by atoms with E-state index in [2.05, 4.69) is 11.1 Å². The summed E-state index contributed by atoms with van der Waals surface area (Å²) in [5, 5.41) is 10.4. The van der Waals surface area contributed by atoms with E-state index in [1.54, 1.807) is 12.1 Å². The summed E-state index contributed by atoms with van der Waals surface area (Å²) < 4.78 is 35.2. The van der Waals surface area contributed by atoms with Crippen molar-refractivity contribution in [1.82, 2.24) is 0 Å². The topological polar surface area (TPSA) is 83.8 Å². The Kier molecular flexibility index (Phi) is 3.71. The van der Waals surface area contributed by atoms with Crippen molar-refractivity contribution >= 4 is 10.4 Å². The zero-order chi connectivity index (χ0) is 17.1. The van der Waals surface area contributed by atoms with Gasteiger partial charge in [0.1, 0.15) is 5.75 Å². The lowest BCUT2D eigenvalue weighted by atomic mass is 9.55. The van der Waals surface area contributed by atoms with Crippen molar-refractivity contribution in [3.63, 3.8) is 0 Å². The van der Waals surface area contributed by atoms with E-state index in [-0.39, 0.29) is 17.3 Å². The fraction of sp³-hybridized carbons (Fsp3) is 0.667. The number of aliphatic hydroxyl groups is 1. The lowest BCUT2D eigenvalue weighted by molar-refractivity contribution is -0.0226. The standard InChI is InChI=1S/C18H24O5S/c1-18-9-8-14-13-5-3-12(23-24(20,21)22)10-11(13)2-4-15(14)16(18)6-7-17(18)19/h3,5,10,14-17,19H,2,4,6-9H2,1H3,(H,20,21,22)/t14?,15?,16?,17-,18-/m1/s1. The van der Waals surface area contributed by atoms with E-state index in [0.717, 1.165) is 44.1 Å². The summed E-state index contributed by atoms with van der Waals surface area (Å²) >= 11 is 0. The molecule has 1 aromatic carbocycles. The highest BCUT2D eigenvalue weighted by molar-refractivity contribution is 7.81. The van der Waals surface area contributed by atoms with Crippen molar-refractivity contribution in [3.05, 3.63) is 29.3 Å². The van der Waals surface area contributed by atoms with Gasteiger partial charge in [-0.05, 0) is 85.0 Å². The second-order valence-corrected chi connectivity index (χ2v) is 8.95. The molecular weight excluding hydrogens is 328 g/mol. The van der Waals surface area contributed by atoms with Crippen molar-refractivity contribution in [1.29, 1.82) is 0 Å². The maximum Gasteiger partial charge on any atom is 0.446 e. The third kappa shape index (κ3) is 2.55. The molecule has 3 unspecified atom stereocenters. The van der Waals surface area contributed by atoms with Crippen LogP contribution < -0.4 is 4.18 Å². The Labute approximate surface area is 143 Å². The molecule has 5 nitrogen and oxygen atoms in total. The highest BCUT2D eigenvalue weighted by atomic mass is 32.3. The molecule has 0 aromatic heterocycles. The molecule has 1 aromatic rings. The Bertz CT molecular complexity index is 759. The van der Waals surface area contributed by atoms with E-state index in [0.29, 0.717) is 17.8 Å². The molecule has 5 atom stereocenters. The lowest BCUT2D eigenvalue weighted by Crippen LogP contribution is -2.43. The van der Waals surface area contributed by atoms with Gasteiger partial charge in [-0.1, -0.05) is 13.0 Å². The first-order valence-electron chi connectivity index (χ1n) is 8.76. The summed E-state index contributed by atoms with van der Waals surface area (Å²) in [7, 11) is -4.48. The molecule has 0 saturated heterocycles. The maximum absolute atomic E-state index is 10.9. The van der Waals surface area contributed by atoms with Crippen LogP contribution in [0.1, 0.15) is 56.1 Å². The molecule has 0 bridgehead atoms. The van der Waals surface area contributed by atoms with Gasteiger partial charge in [0.15, 0.2) is 0 Å². The van der Waals surface area contributed by atoms with Crippen LogP contribution in [0.5, 0.6) is 5.75 Å². The summed E-state index contributed by atoms with van der Waals surface area (Å²) in [5.41, 5.74) is 2.48. The van der Waals surface area contributed by atoms with E-state index in [9.17, 15) is 13.5 Å². The third-order valence-electron chi connectivity index (χ3n) is 6.85. The minimum Gasteiger partial charge on any atom is -0.393 e. The molecule has 0 aliphatic heterocycles. The maximum atomic E-state index is 10.9. The average molecular weight is 352 g/mol. The number of benzene rings is 1. The van der Waals surface area contributed by atoms with E-state index in [4.69, 9.17) is 4.55 Å². The number of aryl methyl sites for hydroxylation is 1. The molecule has 2 fully saturated rings. The molecule has 3 aliphatic carbocycles. The second kappa shape index (κ2) is 5.44. The molecular formula is C18H24O5S. The highest BCUT2D eigenvalue weighted by Crippen LogP contribution is 2.60. The van der Waals surface area contributed by atoms with Crippen molar-refractivity contribution in [2.45, 2.75) is 57.5 Å². The van der Waals surface area contributed by atoms with Gasteiger partial charge >= 0.3 is 10.4 Å². The smallest absolute Gasteiger partial charge is 0.393 e. The van der Waals surface area contributed by atoms with Crippen LogP contribution in [-0.2, 0) is 16.8 Å². The minimum absolute atomic E-state index is 0.0622. The summed E-state index contributed by atoms with van der Waals surface area (Å²) in [6.07, 6.45) is 5.93. The van der Waals surface area contributed by atoms with Crippen LogP contribution in [0.4, 0.5) is 0 Å². The second-order valence-electron chi connectivity index (χ2n) is 7.92. The number of fused-ring (bicyclic) bond motifs is 5. The number of aliphatic hydroxyl groups excluding tert-OH is 1. The molecule has 3 aliphatic rings. The molecule has 6 heteroatoms. The first-order valence-corrected chi connectivity index (χ1v) is 10.1. The van der Waals surface area contributed by atoms with Crippen LogP contribution in [0.3, 0.4) is 0 Å². The predicted molar refractivity (Wildman–Crippen MR) is 89.2 cm³/mol. The average Bonchev–Trinajstić information content (AvgIpc) is 2.81. The molecule has 0 amide bonds. The Morgan fingerprint density at radius 1 is 1.21 bits per heavy atom. The van der Waals surface area contributed by atoms with Crippen LogP contribution in [-0.4, -0.2) is 24.2 Å². The SMILES string of the molecule is C[C@@]12CCC3c4ccc(OS(=O)(=O)O)cc4CCC3C1CC[C@H]2O. The first-order chi connectivity index (χ1) is 11.3. The number of hydrogen-bond donors (Lipinski definition) is 2. The summed E-state index contributed by atoms with van der Waals surface area (Å²) in [4.78, 5) is 0. The fourth-order valence-electron chi connectivity index (χ4n) is 5.70.